The van der Waals surface area contributed by atoms with Crippen molar-refractivity contribution in [2.24, 2.45) is 5.73 Å². The molecule has 0 aliphatic carbocycles. The molecule has 2 aromatic rings. The van der Waals surface area contributed by atoms with Crippen LogP contribution < -0.4 is 10.5 Å². The monoisotopic (exact) mass is 261 g/mol. The lowest BCUT2D eigenvalue weighted by molar-refractivity contribution is 0.316. The summed E-state index contributed by atoms with van der Waals surface area (Å²) < 4.78 is 5.86. The quantitative estimate of drug-likeness (QED) is 0.859. The topological polar surface area (TPSA) is 35.2 Å². The van der Waals surface area contributed by atoms with Gasteiger partial charge in [-0.25, -0.2) is 0 Å². The predicted octanol–water partition coefficient (Wildman–Crippen LogP) is 3.78. The first-order chi connectivity index (χ1) is 8.81. The van der Waals surface area contributed by atoms with E-state index in [4.69, 9.17) is 10.5 Å². The number of benzene rings is 1. The lowest BCUT2D eigenvalue weighted by Crippen LogP contribution is -2.11. The van der Waals surface area contributed by atoms with E-state index >= 15 is 0 Å². The molecule has 3 heteroatoms. The van der Waals surface area contributed by atoms with Crippen LogP contribution in [0.25, 0.3) is 0 Å². The van der Waals surface area contributed by atoms with E-state index in [1.807, 2.05) is 24.3 Å². The van der Waals surface area contributed by atoms with Crippen LogP contribution >= 0.6 is 11.3 Å². The van der Waals surface area contributed by atoms with Crippen LogP contribution in [0.3, 0.4) is 0 Å². The van der Waals surface area contributed by atoms with Crippen molar-refractivity contribution in [3.8, 4) is 5.75 Å². The lowest BCUT2D eigenvalue weighted by Gasteiger charge is -2.15. The third kappa shape index (κ3) is 3.34. The van der Waals surface area contributed by atoms with Crippen LogP contribution in [0.4, 0.5) is 0 Å². The highest BCUT2D eigenvalue weighted by Gasteiger charge is 2.09. The summed E-state index contributed by atoms with van der Waals surface area (Å²) in [5, 5.41) is 4.25. The molecular formula is C15H19NOS. The first kappa shape index (κ1) is 13.1. The first-order valence-electron chi connectivity index (χ1n) is 6.29. The van der Waals surface area contributed by atoms with Crippen molar-refractivity contribution >= 4 is 11.3 Å². The molecule has 0 fully saturated rings. The van der Waals surface area contributed by atoms with E-state index in [9.17, 15) is 0 Å². The van der Waals surface area contributed by atoms with Gasteiger partial charge < -0.3 is 10.5 Å². The number of rotatable bonds is 6. The Labute approximate surface area is 112 Å². The molecule has 1 atom stereocenters. The molecule has 1 aromatic carbocycles. The summed E-state index contributed by atoms with van der Waals surface area (Å²) in [6.07, 6.45) is 1.87. The molecule has 1 unspecified atom stereocenters. The second-order valence-corrected chi connectivity index (χ2v) is 5.06. The average Bonchev–Trinajstić information content (AvgIpc) is 2.92. The minimum Gasteiger partial charge on any atom is -0.493 e. The fourth-order valence-electron chi connectivity index (χ4n) is 1.85. The average molecular weight is 261 g/mol. The number of hydrogen-bond donors (Lipinski definition) is 1. The van der Waals surface area contributed by atoms with Crippen LogP contribution in [-0.2, 0) is 6.42 Å². The summed E-state index contributed by atoms with van der Waals surface area (Å²) in [7, 11) is 0. The second-order valence-electron chi connectivity index (χ2n) is 4.28. The first-order valence-corrected chi connectivity index (χ1v) is 7.24. The number of hydrogen-bond acceptors (Lipinski definition) is 3. The molecule has 18 heavy (non-hydrogen) atoms. The Kier molecular flexibility index (Phi) is 4.79. The van der Waals surface area contributed by atoms with Gasteiger partial charge in [-0.15, -0.1) is 0 Å². The molecule has 1 heterocycles. The molecule has 2 rings (SSSR count). The van der Waals surface area contributed by atoms with Gasteiger partial charge in [0.25, 0.3) is 0 Å². The third-order valence-corrected chi connectivity index (χ3v) is 3.72. The Morgan fingerprint density at radius 1 is 1.28 bits per heavy atom. The second kappa shape index (κ2) is 6.57. The molecule has 0 amide bonds. The standard InChI is InChI=1S/C15H19NOS/c1-2-14(16)13-5-3-4-6-15(13)17-9-7-12-8-10-18-11-12/h3-6,8,10-11,14H,2,7,9,16H2,1H3. The molecular weight excluding hydrogens is 242 g/mol. The molecule has 0 spiro atoms. The van der Waals surface area contributed by atoms with Crippen LogP contribution in [0.5, 0.6) is 5.75 Å². The van der Waals surface area contributed by atoms with E-state index in [2.05, 4.69) is 23.8 Å². The van der Waals surface area contributed by atoms with Gasteiger partial charge in [-0.2, -0.15) is 11.3 Å². The van der Waals surface area contributed by atoms with Crippen molar-refractivity contribution in [3.05, 3.63) is 52.2 Å². The van der Waals surface area contributed by atoms with E-state index in [0.29, 0.717) is 6.61 Å². The van der Waals surface area contributed by atoms with Gasteiger partial charge in [0, 0.05) is 18.0 Å². The molecule has 0 radical (unpaired) electrons. The minimum atomic E-state index is 0.0577. The van der Waals surface area contributed by atoms with Crippen molar-refractivity contribution in [1.29, 1.82) is 0 Å². The number of ether oxygens (including phenoxy) is 1. The SMILES string of the molecule is CCC(N)c1ccccc1OCCc1ccsc1. The normalized spacial score (nSPS) is 12.3. The van der Waals surface area contributed by atoms with E-state index in [0.717, 1.165) is 24.2 Å². The molecule has 96 valence electrons. The van der Waals surface area contributed by atoms with Crippen molar-refractivity contribution < 1.29 is 4.74 Å². The Hall–Kier alpha value is -1.32. The molecule has 0 saturated carbocycles. The van der Waals surface area contributed by atoms with Gasteiger partial charge >= 0.3 is 0 Å². The van der Waals surface area contributed by atoms with Crippen molar-refractivity contribution in [3.63, 3.8) is 0 Å². The molecule has 0 saturated heterocycles. The Bertz CT molecular complexity index is 467. The van der Waals surface area contributed by atoms with Gasteiger partial charge in [0.05, 0.1) is 6.61 Å². The molecule has 0 aliphatic rings. The predicted molar refractivity (Wildman–Crippen MR) is 77.2 cm³/mol. The zero-order chi connectivity index (χ0) is 12.8. The number of nitrogens with two attached hydrogens (primary N) is 1. The number of thiophene rings is 1. The summed E-state index contributed by atoms with van der Waals surface area (Å²) >= 11 is 1.72. The van der Waals surface area contributed by atoms with Crippen LogP contribution in [0.2, 0.25) is 0 Å². The Morgan fingerprint density at radius 3 is 2.83 bits per heavy atom. The summed E-state index contributed by atoms with van der Waals surface area (Å²) in [5.41, 5.74) is 8.52. The summed E-state index contributed by atoms with van der Waals surface area (Å²) in [6.45, 7) is 2.79. The summed E-state index contributed by atoms with van der Waals surface area (Å²) in [5.74, 6) is 0.919. The van der Waals surface area contributed by atoms with Gasteiger partial charge in [0.15, 0.2) is 0 Å². The highest BCUT2D eigenvalue weighted by molar-refractivity contribution is 7.07. The van der Waals surface area contributed by atoms with Crippen LogP contribution in [0.1, 0.15) is 30.5 Å². The summed E-state index contributed by atoms with van der Waals surface area (Å²) in [4.78, 5) is 0. The highest BCUT2D eigenvalue weighted by atomic mass is 32.1. The van der Waals surface area contributed by atoms with E-state index < -0.39 is 0 Å². The van der Waals surface area contributed by atoms with Gasteiger partial charge in [0.2, 0.25) is 0 Å². The van der Waals surface area contributed by atoms with E-state index in [-0.39, 0.29) is 6.04 Å². The van der Waals surface area contributed by atoms with E-state index in [1.54, 1.807) is 11.3 Å². The zero-order valence-electron chi connectivity index (χ0n) is 10.6. The zero-order valence-corrected chi connectivity index (χ0v) is 11.5. The molecule has 2 nitrogen and oxygen atoms in total. The maximum absolute atomic E-state index is 6.08. The Balaban J connectivity index is 1.96. The summed E-state index contributed by atoms with van der Waals surface area (Å²) in [6, 6.07) is 10.2. The van der Waals surface area contributed by atoms with Crippen LogP contribution in [0.15, 0.2) is 41.1 Å². The highest BCUT2D eigenvalue weighted by Crippen LogP contribution is 2.25. The lowest BCUT2D eigenvalue weighted by atomic mass is 10.0. The Morgan fingerprint density at radius 2 is 2.11 bits per heavy atom. The third-order valence-electron chi connectivity index (χ3n) is 2.99. The maximum atomic E-state index is 6.08. The van der Waals surface area contributed by atoms with Crippen molar-refractivity contribution in [2.75, 3.05) is 6.61 Å². The molecule has 2 N–H and O–H groups in total. The molecule has 1 aromatic heterocycles. The van der Waals surface area contributed by atoms with Crippen LogP contribution in [0, 0.1) is 0 Å². The molecule has 0 aliphatic heterocycles. The van der Waals surface area contributed by atoms with Gasteiger partial charge in [-0.05, 0) is 34.9 Å². The molecule has 0 bridgehead atoms. The largest absolute Gasteiger partial charge is 0.493 e. The van der Waals surface area contributed by atoms with Crippen molar-refractivity contribution in [1.82, 2.24) is 0 Å². The van der Waals surface area contributed by atoms with Crippen molar-refractivity contribution in [2.45, 2.75) is 25.8 Å². The fraction of sp³-hybridized carbons (Fsp3) is 0.333. The van der Waals surface area contributed by atoms with Gasteiger partial charge in [-0.3, -0.25) is 0 Å². The minimum absolute atomic E-state index is 0.0577. The van der Waals surface area contributed by atoms with E-state index in [1.165, 1.54) is 5.56 Å². The van der Waals surface area contributed by atoms with Gasteiger partial charge in [-0.1, -0.05) is 25.1 Å². The number of para-hydroxylation sites is 1. The smallest absolute Gasteiger partial charge is 0.124 e. The fourth-order valence-corrected chi connectivity index (χ4v) is 2.56. The maximum Gasteiger partial charge on any atom is 0.124 e. The van der Waals surface area contributed by atoms with Gasteiger partial charge in [0.1, 0.15) is 5.75 Å². The van der Waals surface area contributed by atoms with Crippen LogP contribution in [-0.4, -0.2) is 6.61 Å².